The molecule has 15 heavy (non-hydrogen) atoms. The van der Waals surface area contributed by atoms with Crippen molar-refractivity contribution in [1.29, 1.82) is 0 Å². The van der Waals surface area contributed by atoms with E-state index in [-0.39, 0.29) is 17.1 Å². The largest absolute Gasteiger partial charge is 0.340 e. The smallest absolute Gasteiger partial charge is 0.235 e. The number of amides is 1. The van der Waals surface area contributed by atoms with Gasteiger partial charge in [-0.15, -0.1) is 11.3 Å². The molecule has 0 aliphatic carbocycles. The second-order valence-corrected chi connectivity index (χ2v) is 5.55. The molecule has 0 fully saturated rings. The van der Waals surface area contributed by atoms with E-state index in [2.05, 4.69) is 12.6 Å². The highest BCUT2D eigenvalue weighted by Gasteiger charge is 2.21. The van der Waals surface area contributed by atoms with Gasteiger partial charge in [-0.2, -0.15) is 12.6 Å². The summed E-state index contributed by atoms with van der Waals surface area (Å²) in [7, 11) is 1.83. The van der Waals surface area contributed by atoms with Crippen LogP contribution in [-0.4, -0.2) is 23.1 Å². The van der Waals surface area contributed by atoms with Gasteiger partial charge in [-0.25, -0.2) is 0 Å². The summed E-state index contributed by atoms with van der Waals surface area (Å²) in [5.41, 5.74) is 0. The third-order valence-electron chi connectivity index (χ3n) is 2.23. The van der Waals surface area contributed by atoms with E-state index in [9.17, 15) is 4.79 Å². The summed E-state index contributed by atoms with van der Waals surface area (Å²) in [6.07, 6.45) is 0. The lowest BCUT2D eigenvalue weighted by Gasteiger charge is -2.22. The first-order chi connectivity index (χ1) is 7.02. The van der Waals surface area contributed by atoms with Crippen molar-refractivity contribution < 1.29 is 4.79 Å². The third-order valence-corrected chi connectivity index (χ3v) is 3.91. The van der Waals surface area contributed by atoms with Crippen molar-refractivity contribution in [2.75, 3.05) is 7.05 Å². The fourth-order valence-corrected chi connectivity index (χ4v) is 2.18. The lowest BCUT2D eigenvalue weighted by molar-refractivity contribution is -0.130. The molecule has 0 aliphatic rings. The summed E-state index contributed by atoms with van der Waals surface area (Å²) in [5, 5.41) is 1.82. The van der Waals surface area contributed by atoms with E-state index in [4.69, 9.17) is 0 Å². The summed E-state index contributed by atoms with van der Waals surface area (Å²) in [4.78, 5) is 14.8. The predicted octanol–water partition coefficient (Wildman–Crippen LogP) is 2.66. The quantitative estimate of drug-likeness (QED) is 0.806. The molecule has 0 bridgehead atoms. The first-order valence-electron chi connectivity index (χ1n) is 4.97. The van der Waals surface area contributed by atoms with Crippen molar-refractivity contribution in [3.8, 4) is 0 Å². The highest BCUT2D eigenvalue weighted by atomic mass is 32.1. The molecule has 0 aliphatic heterocycles. The van der Waals surface area contributed by atoms with Crippen LogP contribution < -0.4 is 0 Å². The van der Waals surface area contributed by atoms with Crippen molar-refractivity contribution in [3.05, 3.63) is 22.4 Å². The van der Waals surface area contributed by atoms with Crippen molar-refractivity contribution in [1.82, 2.24) is 4.90 Å². The average molecular weight is 243 g/mol. The lowest BCUT2D eigenvalue weighted by Crippen LogP contribution is -2.35. The molecule has 1 unspecified atom stereocenters. The summed E-state index contributed by atoms with van der Waals surface area (Å²) in [6.45, 7) is 4.70. The van der Waals surface area contributed by atoms with Gasteiger partial charge in [0, 0.05) is 11.9 Å². The average Bonchev–Trinajstić information content (AvgIpc) is 2.67. The number of hydrogen-bond donors (Lipinski definition) is 1. The molecule has 4 heteroatoms. The Bertz CT molecular complexity index is 308. The van der Waals surface area contributed by atoms with Gasteiger partial charge in [-0.1, -0.05) is 19.9 Å². The molecule has 1 heterocycles. The molecule has 1 atom stereocenters. The van der Waals surface area contributed by atoms with Crippen LogP contribution in [0.1, 0.15) is 18.7 Å². The van der Waals surface area contributed by atoms with Crippen molar-refractivity contribution >= 4 is 29.9 Å². The van der Waals surface area contributed by atoms with E-state index in [1.807, 2.05) is 38.4 Å². The molecule has 0 radical (unpaired) electrons. The van der Waals surface area contributed by atoms with E-state index in [0.29, 0.717) is 6.54 Å². The Hall–Kier alpha value is -0.480. The number of carbonyl (C=O) groups excluding carboxylic acids is 1. The highest BCUT2D eigenvalue weighted by Crippen LogP contribution is 2.15. The maximum absolute atomic E-state index is 11.9. The van der Waals surface area contributed by atoms with Crippen molar-refractivity contribution in [2.24, 2.45) is 5.92 Å². The molecule has 0 aromatic carbocycles. The molecular weight excluding hydrogens is 226 g/mol. The molecule has 0 saturated heterocycles. The Balaban J connectivity index is 2.54. The Kier molecular flexibility index (Phi) is 4.67. The van der Waals surface area contributed by atoms with Gasteiger partial charge in [0.25, 0.3) is 0 Å². The molecule has 1 amide bonds. The molecule has 2 nitrogen and oxygen atoms in total. The van der Waals surface area contributed by atoms with E-state index < -0.39 is 0 Å². The number of thiophene rings is 1. The highest BCUT2D eigenvalue weighted by molar-refractivity contribution is 7.81. The van der Waals surface area contributed by atoms with Gasteiger partial charge < -0.3 is 4.90 Å². The van der Waals surface area contributed by atoms with Gasteiger partial charge in [0.2, 0.25) is 5.91 Å². The van der Waals surface area contributed by atoms with Crippen LogP contribution in [0.3, 0.4) is 0 Å². The monoisotopic (exact) mass is 243 g/mol. The number of rotatable bonds is 4. The van der Waals surface area contributed by atoms with Crippen LogP contribution >= 0.6 is 24.0 Å². The number of hydrogen-bond acceptors (Lipinski definition) is 3. The van der Waals surface area contributed by atoms with E-state index in [1.54, 1.807) is 16.2 Å². The zero-order valence-corrected chi connectivity index (χ0v) is 11.0. The molecule has 1 aromatic heterocycles. The van der Waals surface area contributed by atoms with Crippen LogP contribution in [0.2, 0.25) is 0 Å². The predicted molar refractivity (Wildman–Crippen MR) is 68.4 cm³/mol. The Labute approximate surface area is 101 Å². The number of thiol groups is 1. The minimum Gasteiger partial charge on any atom is -0.340 e. The SMILES string of the molecule is CC(C)C(S)C(=O)N(C)Cc1cccs1. The minimum absolute atomic E-state index is 0.0988. The van der Waals surface area contributed by atoms with Gasteiger partial charge in [-0.3, -0.25) is 4.79 Å². The van der Waals surface area contributed by atoms with Crippen molar-refractivity contribution in [2.45, 2.75) is 25.6 Å². The zero-order chi connectivity index (χ0) is 11.4. The first kappa shape index (κ1) is 12.6. The Morgan fingerprint density at radius 2 is 2.27 bits per heavy atom. The zero-order valence-electron chi connectivity index (χ0n) is 9.30. The van der Waals surface area contributed by atoms with Gasteiger partial charge in [-0.05, 0) is 17.4 Å². The van der Waals surface area contributed by atoms with Crippen LogP contribution in [0.5, 0.6) is 0 Å². The second kappa shape index (κ2) is 5.56. The number of carbonyl (C=O) groups is 1. The van der Waals surface area contributed by atoms with Crippen LogP contribution in [0.4, 0.5) is 0 Å². The molecule has 0 saturated carbocycles. The molecular formula is C11H17NOS2. The molecule has 0 N–H and O–H groups in total. The van der Waals surface area contributed by atoms with Gasteiger partial charge in [0.15, 0.2) is 0 Å². The normalized spacial score (nSPS) is 12.9. The Morgan fingerprint density at radius 1 is 1.60 bits per heavy atom. The lowest BCUT2D eigenvalue weighted by atomic mass is 10.1. The van der Waals surface area contributed by atoms with E-state index in [1.165, 1.54) is 4.88 Å². The van der Waals surface area contributed by atoms with Crippen LogP contribution in [-0.2, 0) is 11.3 Å². The first-order valence-corrected chi connectivity index (χ1v) is 6.37. The minimum atomic E-state index is -0.199. The molecule has 0 spiro atoms. The molecule has 1 aromatic rings. The third kappa shape index (κ3) is 3.54. The molecule has 1 rings (SSSR count). The van der Waals surface area contributed by atoms with Crippen molar-refractivity contribution in [3.63, 3.8) is 0 Å². The van der Waals surface area contributed by atoms with Gasteiger partial charge in [0.05, 0.1) is 11.8 Å². The van der Waals surface area contributed by atoms with E-state index >= 15 is 0 Å². The number of nitrogens with zero attached hydrogens (tertiary/aromatic N) is 1. The summed E-state index contributed by atoms with van der Waals surface area (Å²) < 4.78 is 0. The van der Waals surface area contributed by atoms with E-state index in [0.717, 1.165) is 0 Å². The van der Waals surface area contributed by atoms with Crippen LogP contribution in [0.25, 0.3) is 0 Å². The summed E-state index contributed by atoms with van der Waals surface area (Å²) in [5.74, 6) is 0.369. The standard InChI is InChI=1S/C11H17NOS2/c1-8(2)10(14)11(13)12(3)7-9-5-4-6-15-9/h4-6,8,10,14H,7H2,1-3H3. The van der Waals surface area contributed by atoms with Crippen LogP contribution in [0, 0.1) is 5.92 Å². The fraction of sp³-hybridized carbons (Fsp3) is 0.545. The second-order valence-electron chi connectivity index (χ2n) is 3.96. The van der Waals surface area contributed by atoms with Gasteiger partial charge in [0.1, 0.15) is 0 Å². The molecule has 84 valence electrons. The Morgan fingerprint density at radius 3 is 2.73 bits per heavy atom. The summed E-state index contributed by atoms with van der Waals surface area (Å²) >= 11 is 5.99. The maximum Gasteiger partial charge on any atom is 0.235 e. The van der Waals surface area contributed by atoms with Gasteiger partial charge >= 0.3 is 0 Å². The van der Waals surface area contributed by atoms with Crippen LogP contribution in [0.15, 0.2) is 17.5 Å². The maximum atomic E-state index is 11.9. The topological polar surface area (TPSA) is 20.3 Å². The fourth-order valence-electron chi connectivity index (χ4n) is 1.23. The summed E-state index contributed by atoms with van der Waals surface area (Å²) in [6, 6.07) is 4.04.